The van der Waals surface area contributed by atoms with Crippen LogP contribution in [0.3, 0.4) is 0 Å². The zero-order valence-electron chi connectivity index (χ0n) is 9.93. The van der Waals surface area contributed by atoms with Crippen molar-refractivity contribution in [1.29, 1.82) is 0 Å². The monoisotopic (exact) mass is 256 g/mol. The molecule has 0 aliphatic rings. The van der Waals surface area contributed by atoms with Crippen LogP contribution >= 0.6 is 11.3 Å². The summed E-state index contributed by atoms with van der Waals surface area (Å²) in [4.78, 5) is 18.9. The molecule has 0 aliphatic carbocycles. The molecular weight excluding hydrogens is 244 g/mol. The average Bonchev–Trinajstić information content (AvgIpc) is 2.85. The van der Waals surface area contributed by atoms with Gasteiger partial charge in [-0.1, -0.05) is 25.1 Å². The summed E-state index contributed by atoms with van der Waals surface area (Å²) in [5, 5.41) is 3.25. The summed E-state index contributed by atoms with van der Waals surface area (Å²) in [7, 11) is 0. The van der Waals surface area contributed by atoms with Gasteiger partial charge < -0.3 is 4.98 Å². The lowest BCUT2D eigenvalue weighted by Gasteiger charge is -2.04. The molecule has 3 aromatic rings. The number of nitrogens with one attached hydrogen (secondary N) is 1. The quantitative estimate of drug-likeness (QED) is 0.765. The van der Waals surface area contributed by atoms with Gasteiger partial charge in [0.25, 0.3) is 5.56 Å². The summed E-state index contributed by atoms with van der Waals surface area (Å²) in [5.74, 6) is 0.728. The molecule has 90 valence electrons. The molecule has 0 amide bonds. The van der Waals surface area contributed by atoms with Crippen LogP contribution in [0.4, 0.5) is 0 Å². The summed E-state index contributed by atoms with van der Waals surface area (Å²) < 4.78 is 1.18. The lowest BCUT2D eigenvalue weighted by Crippen LogP contribution is -2.10. The zero-order chi connectivity index (χ0) is 12.5. The van der Waals surface area contributed by atoms with E-state index in [1.807, 2.05) is 19.1 Å². The Bertz CT molecular complexity index is 758. The van der Waals surface area contributed by atoms with E-state index in [-0.39, 0.29) is 5.56 Å². The molecule has 2 heterocycles. The van der Waals surface area contributed by atoms with Gasteiger partial charge in [-0.15, -0.1) is 11.3 Å². The molecule has 18 heavy (non-hydrogen) atoms. The minimum absolute atomic E-state index is 0.0922. The lowest BCUT2D eigenvalue weighted by atomic mass is 10.1. The number of fused-ring (bicyclic) bond motifs is 1. The first-order valence-corrected chi connectivity index (χ1v) is 6.72. The first kappa shape index (κ1) is 11.2. The van der Waals surface area contributed by atoms with E-state index in [0.717, 1.165) is 23.5 Å². The van der Waals surface area contributed by atoms with Crippen molar-refractivity contribution in [3.63, 3.8) is 0 Å². The van der Waals surface area contributed by atoms with E-state index in [0.29, 0.717) is 0 Å². The van der Waals surface area contributed by atoms with Crippen molar-refractivity contribution in [2.45, 2.75) is 13.3 Å². The van der Waals surface area contributed by atoms with Gasteiger partial charge in [-0.05, 0) is 16.8 Å². The Hall–Kier alpha value is -1.94. The van der Waals surface area contributed by atoms with Gasteiger partial charge in [0.05, 0.1) is 5.69 Å². The molecule has 1 N–H and O–H groups in total. The van der Waals surface area contributed by atoms with E-state index in [9.17, 15) is 4.79 Å². The Kier molecular flexibility index (Phi) is 2.72. The Morgan fingerprint density at radius 3 is 3.06 bits per heavy atom. The summed E-state index contributed by atoms with van der Waals surface area (Å²) >= 11 is 1.68. The van der Waals surface area contributed by atoms with E-state index < -0.39 is 0 Å². The normalized spacial score (nSPS) is 10.9. The van der Waals surface area contributed by atoms with Crippen LogP contribution in [-0.4, -0.2) is 9.97 Å². The highest BCUT2D eigenvalue weighted by molar-refractivity contribution is 7.17. The Morgan fingerprint density at radius 2 is 2.22 bits per heavy atom. The molecule has 0 radical (unpaired) electrons. The fourth-order valence-electron chi connectivity index (χ4n) is 2.01. The minimum atomic E-state index is -0.0922. The molecule has 1 aromatic carbocycles. The molecule has 0 bridgehead atoms. The highest BCUT2D eigenvalue weighted by Gasteiger charge is 2.08. The van der Waals surface area contributed by atoms with Crippen LogP contribution in [0.5, 0.6) is 0 Å². The van der Waals surface area contributed by atoms with Crippen LogP contribution in [0.1, 0.15) is 12.7 Å². The fourth-order valence-corrected chi connectivity index (χ4v) is 2.93. The van der Waals surface area contributed by atoms with Crippen LogP contribution in [0, 0.1) is 0 Å². The van der Waals surface area contributed by atoms with Gasteiger partial charge in [-0.3, -0.25) is 4.79 Å². The van der Waals surface area contributed by atoms with Crippen molar-refractivity contribution < 1.29 is 0 Å². The van der Waals surface area contributed by atoms with Crippen LogP contribution in [0.15, 0.2) is 40.5 Å². The predicted octanol–water partition coefficient (Wildman–Crippen LogP) is 3.21. The molecule has 0 fully saturated rings. The molecule has 4 heteroatoms. The minimum Gasteiger partial charge on any atom is -0.311 e. The van der Waals surface area contributed by atoms with Gasteiger partial charge >= 0.3 is 0 Å². The van der Waals surface area contributed by atoms with Crippen LogP contribution in [0.2, 0.25) is 0 Å². The standard InChI is InChI=1S/C14H12N2OS/c1-2-12-15-11(8-13(17)16-12)10-5-3-4-9-6-7-18-14(9)10/h3-8H,2H2,1H3,(H,15,16,17). The van der Waals surface area contributed by atoms with Crippen LogP contribution < -0.4 is 5.56 Å². The van der Waals surface area contributed by atoms with E-state index in [1.54, 1.807) is 17.4 Å². The molecule has 2 aromatic heterocycles. The number of benzene rings is 1. The number of hydrogen-bond donors (Lipinski definition) is 1. The van der Waals surface area contributed by atoms with Gasteiger partial charge in [-0.25, -0.2) is 4.98 Å². The third-order valence-corrected chi connectivity index (χ3v) is 3.84. The Labute approximate surface area is 108 Å². The van der Waals surface area contributed by atoms with Gasteiger partial charge in [0, 0.05) is 22.8 Å². The highest BCUT2D eigenvalue weighted by Crippen LogP contribution is 2.30. The number of H-pyrrole nitrogens is 1. The number of aromatic amines is 1. The molecular formula is C14H12N2OS. The molecule has 0 saturated heterocycles. The van der Waals surface area contributed by atoms with Crippen molar-refractivity contribution in [2.75, 3.05) is 0 Å². The highest BCUT2D eigenvalue weighted by atomic mass is 32.1. The first-order chi connectivity index (χ1) is 8.78. The van der Waals surface area contributed by atoms with Crippen molar-refractivity contribution in [3.8, 4) is 11.3 Å². The molecule has 0 atom stereocenters. The molecule has 0 spiro atoms. The number of aryl methyl sites for hydroxylation is 1. The van der Waals surface area contributed by atoms with Gasteiger partial charge in [0.2, 0.25) is 0 Å². The van der Waals surface area contributed by atoms with Gasteiger partial charge in [-0.2, -0.15) is 0 Å². The third-order valence-electron chi connectivity index (χ3n) is 2.88. The first-order valence-electron chi connectivity index (χ1n) is 5.85. The largest absolute Gasteiger partial charge is 0.311 e. The maximum atomic E-state index is 11.6. The second kappa shape index (κ2) is 4.38. The number of aromatic nitrogens is 2. The summed E-state index contributed by atoms with van der Waals surface area (Å²) in [6.07, 6.45) is 0.726. The molecule has 3 rings (SSSR count). The molecule has 0 saturated carbocycles. The second-order valence-electron chi connectivity index (χ2n) is 4.08. The van der Waals surface area contributed by atoms with E-state index in [1.165, 1.54) is 10.1 Å². The van der Waals surface area contributed by atoms with Crippen LogP contribution in [-0.2, 0) is 6.42 Å². The lowest BCUT2D eigenvalue weighted by molar-refractivity contribution is 0.925. The molecule has 0 unspecified atom stereocenters. The number of hydrogen-bond acceptors (Lipinski definition) is 3. The maximum absolute atomic E-state index is 11.6. The van der Waals surface area contributed by atoms with Gasteiger partial charge in [0.1, 0.15) is 5.82 Å². The smallest absolute Gasteiger partial charge is 0.251 e. The summed E-state index contributed by atoms with van der Waals surface area (Å²) in [6, 6.07) is 9.73. The topological polar surface area (TPSA) is 45.8 Å². The third kappa shape index (κ3) is 1.84. The molecule has 3 nitrogen and oxygen atoms in total. The average molecular weight is 256 g/mol. The van der Waals surface area contributed by atoms with Crippen molar-refractivity contribution in [2.24, 2.45) is 0 Å². The maximum Gasteiger partial charge on any atom is 0.251 e. The van der Waals surface area contributed by atoms with Crippen molar-refractivity contribution in [3.05, 3.63) is 51.9 Å². The summed E-state index contributed by atoms with van der Waals surface area (Å²) in [5.41, 5.74) is 1.69. The SMILES string of the molecule is CCc1nc(-c2cccc3ccsc23)cc(=O)[nH]1. The number of nitrogens with zero attached hydrogens (tertiary/aromatic N) is 1. The van der Waals surface area contributed by atoms with E-state index in [4.69, 9.17) is 0 Å². The number of thiophene rings is 1. The Morgan fingerprint density at radius 1 is 1.33 bits per heavy atom. The number of rotatable bonds is 2. The predicted molar refractivity (Wildman–Crippen MR) is 75.1 cm³/mol. The molecule has 0 aliphatic heterocycles. The zero-order valence-corrected chi connectivity index (χ0v) is 10.8. The van der Waals surface area contributed by atoms with Crippen LogP contribution in [0.25, 0.3) is 21.3 Å². The van der Waals surface area contributed by atoms with Gasteiger partial charge in [0.15, 0.2) is 0 Å². The fraction of sp³-hybridized carbons (Fsp3) is 0.143. The van der Waals surface area contributed by atoms with Crippen molar-refractivity contribution in [1.82, 2.24) is 9.97 Å². The Balaban J connectivity index is 2.28. The van der Waals surface area contributed by atoms with Crippen molar-refractivity contribution >= 4 is 21.4 Å². The van der Waals surface area contributed by atoms with E-state index in [2.05, 4.69) is 27.5 Å². The van der Waals surface area contributed by atoms with E-state index >= 15 is 0 Å². The summed E-state index contributed by atoms with van der Waals surface area (Å²) in [6.45, 7) is 1.98. The second-order valence-corrected chi connectivity index (χ2v) is 4.99.